The van der Waals surface area contributed by atoms with Gasteiger partial charge in [-0.3, -0.25) is 0 Å². The third-order valence-corrected chi connectivity index (χ3v) is 2.48. The second-order valence-corrected chi connectivity index (χ2v) is 3.62. The summed E-state index contributed by atoms with van der Waals surface area (Å²) in [7, 11) is 1.86. The van der Waals surface area contributed by atoms with Gasteiger partial charge in [-0.05, 0) is 31.7 Å². The maximum atomic E-state index is 13.6. The van der Waals surface area contributed by atoms with E-state index in [1.54, 1.807) is 6.07 Å². The molecule has 0 aliphatic rings. The molecule has 0 spiro atoms. The molecule has 2 N–H and O–H groups in total. The van der Waals surface area contributed by atoms with Crippen LogP contribution in [0, 0.1) is 5.82 Å². The van der Waals surface area contributed by atoms with E-state index < -0.39 is 0 Å². The molecule has 0 aromatic heterocycles. The molecule has 0 aliphatic carbocycles. The zero-order valence-corrected chi connectivity index (χ0v) is 9.83. The number of nitrogens with one attached hydrogen (secondary N) is 1. The van der Waals surface area contributed by atoms with E-state index in [0.29, 0.717) is 25.3 Å². The minimum absolute atomic E-state index is 0.0313. The molecule has 0 amide bonds. The molecule has 0 saturated carbocycles. The summed E-state index contributed by atoms with van der Waals surface area (Å²) in [6, 6.07) is 5.06. The second-order valence-electron chi connectivity index (χ2n) is 3.62. The highest BCUT2D eigenvalue weighted by atomic mass is 19.1. The Bertz CT molecular complexity index is 331. The summed E-state index contributed by atoms with van der Waals surface area (Å²) in [6.45, 7) is 3.82. The molecule has 0 bridgehead atoms. The molecule has 0 fully saturated rings. The van der Waals surface area contributed by atoms with Crippen LogP contribution in [0.5, 0.6) is 0 Å². The van der Waals surface area contributed by atoms with Crippen LogP contribution in [0.4, 0.5) is 10.1 Å². The van der Waals surface area contributed by atoms with E-state index in [2.05, 4.69) is 5.32 Å². The van der Waals surface area contributed by atoms with E-state index in [1.807, 2.05) is 24.9 Å². The number of hydrogen-bond acceptors (Lipinski definition) is 3. The van der Waals surface area contributed by atoms with Gasteiger partial charge in [-0.1, -0.05) is 6.07 Å². The Morgan fingerprint density at radius 1 is 1.44 bits per heavy atom. The Kier molecular flexibility index (Phi) is 5.22. The standard InChI is InChI=1S/C12H19FN2O/c1-3-15(6-7-16)12-8-10(9-14-2)4-5-11(12)13/h4-5,8,14,16H,3,6-7,9H2,1-2H3. The Morgan fingerprint density at radius 3 is 2.75 bits per heavy atom. The van der Waals surface area contributed by atoms with Crippen molar-refractivity contribution in [1.82, 2.24) is 5.32 Å². The number of hydrogen-bond donors (Lipinski definition) is 2. The molecular weight excluding hydrogens is 207 g/mol. The van der Waals surface area contributed by atoms with Gasteiger partial charge in [-0.2, -0.15) is 0 Å². The number of rotatable bonds is 6. The monoisotopic (exact) mass is 226 g/mol. The first-order valence-electron chi connectivity index (χ1n) is 5.51. The van der Waals surface area contributed by atoms with Gasteiger partial charge in [0.2, 0.25) is 0 Å². The van der Waals surface area contributed by atoms with Crippen molar-refractivity contribution in [1.29, 1.82) is 0 Å². The van der Waals surface area contributed by atoms with Crippen molar-refractivity contribution in [3.63, 3.8) is 0 Å². The van der Waals surface area contributed by atoms with Crippen molar-refractivity contribution in [3.05, 3.63) is 29.6 Å². The lowest BCUT2D eigenvalue weighted by molar-refractivity contribution is 0.302. The first kappa shape index (κ1) is 12.9. The van der Waals surface area contributed by atoms with Crippen molar-refractivity contribution >= 4 is 5.69 Å². The fourth-order valence-corrected chi connectivity index (χ4v) is 1.68. The summed E-state index contributed by atoms with van der Waals surface area (Å²) >= 11 is 0. The molecule has 0 saturated heterocycles. The molecule has 3 nitrogen and oxygen atoms in total. The van der Waals surface area contributed by atoms with Crippen LogP contribution in [0.3, 0.4) is 0 Å². The largest absolute Gasteiger partial charge is 0.395 e. The molecule has 1 rings (SSSR count). The molecule has 1 aromatic carbocycles. The van der Waals surface area contributed by atoms with Crippen LogP contribution in [0.1, 0.15) is 12.5 Å². The summed E-state index contributed by atoms with van der Waals surface area (Å²) in [5.41, 5.74) is 1.60. The third kappa shape index (κ3) is 3.18. The number of aliphatic hydroxyl groups excluding tert-OH is 1. The third-order valence-electron chi connectivity index (χ3n) is 2.48. The number of benzene rings is 1. The van der Waals surface area contributed by atoms with E-state index >= 15 is 0 Å². The second kappa shape index (κ2) is 6.45. The maximum Gasteiger partial charge on any atom is 0.146 e. The zero-order chi connectivity index (χ0) is 12.0. The summed E-state index contributed by atoms with van der Waals surface area (Å²) < 4.78 is 13.6. The summed E-state index contributed by atoms with van der Waals surface area (Å²) in [5, 5.41) is 11.9. The molecule has 0 aliphatic heterocycles. The van der Waals surface area contributed by atoms with Crippen LogP contribution < -0.4 is 10.2 Å². The van der Waals surface area contributed by atoms with Gasteiger partial charge in [0.05, 0.1) is 12.3 Å². The molecule has 0 heterocycles. The fourth-order valence-electron chi connectivity index (χ4n) is 1.68. The van der Waals surface area contributed by atoms with Gasteiger partial charge in [-0.15, -0.1) is 0 Å². The molecular formula is C12H19FN2O. The SMILES string of the molecule is CCN(CCO)c1cc(CNC)ccc1F. The van der Waals surface area contributed by atoms with Crippen LogP contribution in [-0.4, -0.2) is 31.9 Å². The summed E-state index contributed by atoms with van der Waals surface area (Å²) in [5.74, 6) is -0.241. The Labute approximate surface area is 95.9 Å². The number of anilines is 1. The number of aliphatic hydroxyl groups is 1. The van der Waals surface area contributed by atoms with Crippen molar-refractivity contribution in [3.8, 4) is 0 Å². The minimum Gasteiger partial charge on any atom is -0.395 e. The van der Waals surface area contributed by atoms with E-state index in [-0.39, 0.29) is 12.4 Å². The summed E-state index contributed by atoms with van der Waals surface area (Å²) in [6.07, 6.45) is 0. The van der Waals surface area contributed by atoms with E-state index in [4.69, 9.17) is 5.11 Å². The van der Waals surface area contributed by atoms with Gasteiger partial charge < -0.3 is 15.3 Å². The molecule has 4 heteroatoms. The van der Waals surface area contributed by atoms with Crippen LogP contribution in [0.15, 0.2) is 18.2 Å². The van der Waals surface area contributed by atoms with Crippen LogP contribution in [0.2, 0.25) is 0 Å². The normalized spacial score (nSPS) is 10.5. The highest BCUT2D eigenvalue weighted by Crippen LogP contribution is 2.20. The summed E-state index contributed by atoms with van der Waals surface area (Å²) in [4.78, 5) is 1.83. The van der Waals surface area contributed by atoms with Gasteiger partial charge >= 0.3 is 0 Å². The number of nitrogens with zero attached hydrogens (tertiary/aromatic N) is 1. The van der Waals surface area contributed by atoms with Crippen LogP contribution in [0.25, 0.3) is 0 Å². The van der Waals surface area contributed by atoms with Crippen molar-refractivity contribution in [2.75, 3.05) is 31.6 Å². The quantitative estimate of drug-likeness (QED) is 0.769. The number of likely N-dealkylation sites (N-methyl/N-ethyl adjacent to an activating group) is 1. The highest BCUT2D eigenvalue weighted by Gasteiger charge is 2.10. The van der Waals surface area contributed by atoms with Crippen molar-refractivity contribution in [2.24, 2.45) is 0 Å². The molecule has 16 heavy (non-hydrogen) atoms. The van der Waals surface area contributed by atoms with Crippen LogP contribution >= 0.6 is 0 Å². The predicted octanol–water partition coefficient (Wildman–Crippen LogP) is 1.36. The molecule has 0 unspecified atom stereocenters. The Hall–Kier alpha value is -1.13. The smallest absolute Gasteiger partial charge is 0.146 e. The molecule has 1 aromatic rings. The highest BCUT2D eigenvalue weighted by molar-refractivity contribution is 5.50. The molecule has 0 radical (unpaired) electrons. The van der Waals surface area contributed by atoms with Gasteiger partial charge in [-0.25, -0.2) is 4.39 Å². The topological polar surface area (TPSA) is 35.5 Å². The van der Waals surface area contributed by atoms with Gasteiger partial charge in [0.15, 0.2) is 0 Å². The first-order valence-corrected chi connectivity index (χ1v) is 5.51. The first-order chi connectivity index (χ1) is 7.72. The lowest BCUT2D eigenvalue weighted by atomic mass is 10.1. The van der Waals surface area contributed by atoms with Gasteiger partial charge in [0.25, 0.3) is 0 Å². The zero-order valence-electron chi connectivity index (χ0n) is 9.83. The minimum atomic E-state index is -0.241. The molecule has 0 atom stereocenters. The molecule has 90 valence electrons. The average Bonchev–Trinajstić information content (AvgIpc) is 2.29. The average molecular weight is 226 g/mol. The van der Waals surface area contributed by atoms with Crippen LogP contribution in [-0.2, 0) is 6.54 Å². The van der Waals surface area contributed by atoms with Gasteiger partial charge in [0.1, 0.15) is 5.82 Å². The maximum absolute atomic E-state index is 13.6. The van der Waals surface area contributed by atoms with E-state index in [1.165, 1.54) is 6.07 Å². The Balaban J connectivity index is 2.94. The van der Waals surface area contributed by atoms with Gasteiger partial charge in [0, 0.05) is 19.6 Å². The lowest BCUT2D eigenvalue weighted by Gasteiger charge is -2.23. The number of halogens is 1. The van der Waals surface area contributed by atoms with Crippen molar-refractivity contribution in [2.45, 2.75) is 13.5 Å². The van der Waals surface area contributed by atoms with E-state index in [0.717, 1.165) is 5.56 Å². The fraction of sp³-hybridized carbons (Fsp3) is 0.500. The lowest BCUT2D eigenvalue weighted by Crippen LogP contribution is -2.27. The predicted molar refractivity (Wildman–Crippen MR) is 64.1 cm³/mol. The van der Waals surface area contributed by atoms with Crippen molar-refractivity contribution < 1.29 is 9.50 Å². The van der Waals surface area contributed by atoms with E-state index in [9.17, 15) is 4.39 Å². The Morgan fingerprint density at radius 2 is 2.19 bits per heavy atom.